The van der Waals surface area contributed by atoms with Crippen molar-refractivity contribution in [3.8, 4) is 5.75 Å². The molecular weight excluding hydrogens is 416 g/mol. The molecule has 6 nitrogen and oxygen atoms in total. The lowest BCUT2D eigenvalue weighted by atomic mass is 10.0. The minimum absolute atomic E-state index is 0.143. The third-order valence-corrected chi connectivity index (χ3v) is 6.09. The smallest absolute Gasteiger partial charge is 0.250 e. The topological polar surface area (TPSA) is 65.0 Å². The van der Waals surface area contributed by atoms with E-state index in [2.05, 4.69) is 5.32 Å². The van der Waals surface area contributed by atoms with Crippen LogP contribution in [0.3, 0.4) is 0 Å². The van der Waals surface area contributed by atoms with Crippen LogP contribution in [0.15, 0.2) is 54.6 Å². The summed E-state index contributed by atoms with van der Waals surface area (Å²) in [6.07, 6.45) is -1.00. The van der Waals surface area contributed by atoms with Crippen molar-refractivity contribution in [3.05, 3.63) is 60.2 Å². The highest BCUT2D eigenvalue weighted by atomic mass is 19.3. The molecular formula is C24H29F2N3O3. The molecule has 0 unspecified atom stereocenters. The first-order valence-corrected chi connectivity index (χ1v) is 11.0. The van der Waals surface area contributed by atoms with E-state index in [0.29, 0.717) is 31.1 Å². The van der Waals surface area contributed by atoms with E-state index in [1.165, 1.54) is 0 Å². The summed E-state index contributed by atoms with van der Waals surface area (Å²) in [7, 11) is 0. The first-order chi connectivity index (χ1) is 15.4. The number of hydrogen-bond donors (Lipinski definition) is 2. The number of ether oxygens (including phenoxy) is 1. The van der Waals surface area contributed by atoms with Gasteiger partial charge in [0.25, 0.3) is 5.92 Å². The van der Waals surface area contributed by atoms with Crippen LogP contribution in [0.1, 0.15) is 18.4 Å². The van der Waals surface area contributed by atoms with E-state index in [4.69, 9.17) is 4.74 Å². The number of benzene rings is 2. The molecule has 2 heterocycles. The Morgan fingerprint density at radius 3 is 2.44 bits per heavy atom. The lowest BCUT2D eigenvalue weighted by molar-refractivity contribution is -0.117. The summed E-state index contributed by atoms with van der Waals surface area (Å²) in [5.41, 5.74) is 1.74. The summed E-state index contributed by atoms with van der Waals surface area (Å²) in [5.74, 6) is -2.08. The van der Waals surface area contributed by atoms with E-state index in [1.807, 2.05) is 40.1 Å². The van der Waals surface area contributed by atoms with Gasteiger partial charge in [0, 0.05) is 50.7 Å². The van der Waals surface area contributed by atoms with Gasteiger partial charge in [-0.2, -0.15) is 0 Å². The van der Waals surface area contributed by atoms with Crippen molar-refractivity contribution >= 4 is 11.6 Å². The molecule has 2 aromatic rings. The van der Waals surface area contributed by atoms with Gasteiger partial charge in [-0.1, -0.05) is 30.3 Å². The highest BCUT2D eigenvalue weighted by Gasteiger charge is 2.41. The molecule has 2 N–H and O–H groups in total. The van der Waals surface area contributed by atoms with E-state index >= 15 is 0 Å². The average molecular weight is 446 g/mol. The van der Waals surface area contributed by atoms with Crippen molar-refractivity contribution in [1.82, 2.24) is 9.80 Å². The third-order valence-electron chi connectivity index (χ3n) is 6.09. The second kappa shape index (κ2) is 9.94. The number of nitrogens with zero attached hydrogens (tertiary/aromatic N) is 2. The highest BCUT2D eigenvalue weighted by molar-refractivity contribution is 5.92. The Balaban J connectivity index is 1.22. The number of halogens is 2. The normalized spacial score (nSPS) is 23.7. The van der Waals surface area contributed by atoms with Gasteiger partial charge < -0.3 is 15.2 Å². The first kappa shape index (κ1) is 22.6. The molecule has 0 saturated carbocycles. The zero-order chi connectivity index (χ0) is 22.6. The van der Waals surface area contributed by atoms with Gasteiger partial charge in [0.05, 0.1) is 12.6 Å². The molecule has 172 valence electrons. The average Bonchev–Trinajstić information content (AvgIpc) is 3.13. The molecule has 2 aliphatic heterocycles. The Labute approximate surface area is 186 Å². The van der Waals surface area contributed by atoms with Crippen LogP contribution in [0.2, 0.25) is 0 Å². The Morgan fingerprint density at radius 1 is 1.06 bits per heavy atom. The van der Waals surface area contributed by atoms with Crippen LogP contribution >= 0.6 is 0 Å². The molecule has 2 aliphatic rings. The van der Waals surface area contributed by atoms with Crippen LogP contribution in [0, 0.1) is 0 Å². The second-order valence-corrected chi connectivity index (χ2v) is 8.57. The number of nitrogens with one attached hydrogen (secondary N) is 1. The first-order valence-electron chi connectivity index (χ1n) is 11.0. The Kier molecular flexibility index (Phi) is 7.03. The zero-order valence-electron chi connectivity index (χ0n) is 17.9. The number of β-amino-alcohol motifs (C(OH)–C–C–N with tert-alkyl or cyclic N) is 1. The van der Waals surface area contributed by atoms with Crippen molar-refractivity contribution in [2.45, 2.75) is 37.5 Å². The van der Waals surface area contributed by atoms with Crippen LogP contribution in [-0.2, 0) is 11.4 Å². The second-order valence-electron chi connectivity index (χ2n) is 8.57. The van der Waals surface area contributed by atoms with Gasteiger partial charge in [0.1, 0.15) is 12.4 Å². The minimum Gasteiger partial charge on any atom is -0.489 e. The predicted molar refractivity (Wildman–Crippen MR) is 118 cm³/mol. The summed E-state index contributed by atoms with van der Waals surface area (Å²) in [6, 6.07) is 16.8. The molecule has 1 amide bonds. The quantitative estimate of drug-likeness (QED) is 0.686. The number of rotatable bonds is 7. The molecule has 2 saturated heterocycles. The number of carbonyl (C=O) groups is 1. The number of alkyl halides is 2. The molecule has 0 spiro atoms. The third kappa shape index (κ3) is 6.03. The van der Waals surface area contributed by atoms with E-state index in [0.717, 1.165) is 5.56 Å². The molecule has 2 aromatic carbocycles. The summed E-state index contributed by atoms with van der Waals surface area (Å²) < 4.78 is 32.6. The van der Waals surface area contributed by atoms with Crippen molar-refractivity contribution in [2.24, 2.45) is 0 Å². The maximum atomic E-state index is 13.4. The van der Waals surface area contributed by atoms with Gasteiger partial charge in [-0.3, -0.25) is 14.6 Å². The molecule has 0 radical (unpaired) electrons. The van der Waals surface area contributed by atoms with Crippen LogP contribution < -0.4 is 10.1 Å². The van der Waals surface area contributed by atoms with Crippen molar-refractivity contribution < 1.29 is 23.4 Å². The molecule has 32 heavy (non-hydrogen) atoms. The highest BCUT2D eigenvalue weighted by Crippen LogP contribution is 2.30. The fraction of sp³-hybridized carbons (Fsp3) is 0.458. The lowest BCUT2D eigenvalue weighted by Gasteiger charge is -2.36. The largest absolute Gasteiger partial charge is 0.489 e. The minimum atomic E-state index is -2.61. The van der Waals surface area contributed by atoms with Gasteiger partial charge in [0.2, 0.25) is 5.91 Å². The molecule has 0 aliphatic carbocycles. The van der Waals surface area contributed by atoms with Gasteiger partial charge in [-0.05, 0) is 29.8 Å². The number of aliphatic hydroxyl groups is 1. The number of amides is 1. The molecule has 0 aromatic heterocycles. The number of hydrogen-bond acceptors (Lipinski definition) is 5. The Bertz CT molecular complexity index is 885. The van der Waals surface area contributed by atoms with Crippen LogP contribution in [0.5, 0.6) is 5.75 Å². The number of anilines is 1. The maximum absolute atomic E-state index is 13.4. The summed E-state index contributed by atoms with van der Waals surface area (Å²) in [5, 5.41) is 13.3. The Hall–Kier alpha value is -2.55. The van der Waals surface area contributed by atoms with Gasteiger partial charge in [-0.15, -0.1) is 0 Å². The van der Waals surface area contributed by atoms with Crippen LogP contribution in [-0.4, -0.2) is 71.6 Å². The molecule has 0 bridgehead atoms. The van der Waals surface area contributed by atoms with Gasteiger partial charge in [-0.25, -0.2) is 8.78 Å². The fourth-order valence-electron chi connectivity index (χ4n) is 4.30. The molecule has 2 fully saturated rings. The SMILES string of the molecule is O=C(CN1C[C@H](O)[C@@H](N2CCC(F)(F)CC2)C1)Nc1ccc(OCc2ccccc2)cc1. The Morgan fingerprint density at radius 2 is 1.75 bits per heavy atom. The maximum Gasteiger partial charge on any atom is 0.250 e. The number of carbonyl (C=O) groups excluding carboxylic acids is 1. The van der Waals surface area contributed by atoms with Crippen molar-refractivity contribution in [2.75, 3.05) is 38.0 Å². The zero-order valence-corrected chi connectivity index (χ0v) is 17.9. The molecule has 2 atom stereocenters. The molecule has 4 rings (SSSR count). The molecule has 8 heteroatoms. The number of aliphatic hydroxyl groups excluding tert-OH is 1. The summed E-state index contributed by atoms with van der Waals surface area (Å²) in [6.45, 7) is 2.01. The fourth-order valence-corrected chi connectivity index (χ4v) is 4.30. The summed E-state index contributed by atoms with van der Waals surface area (Å²) in [4.78, 5) is 16.3. The number of likely N-dealkylation sites (tertiary alicyclic amines) is 2. The monoisotopic (exact) mass is 445 g/mol. The van der Waals surface area contributed by atoms with Crippen molar-refractivity contribution in [1.29, 1.82) is 0 Å². The number of piperidine rings is 1. The lowest BCUT2D eigenvalue weighted by Crippen LogP contribution is -2.49. The van der Waals surface area contributed by atoms with Gasteiger partial charge >= 0.3 is 0 Å². The summed E-state index contributed by atoms with van der Waals surface area (Å²) >= 11 is 0. The van der Waals surface area contributed by atoms with Gasteiger partial charge in [0.15, 0.2) is 0 Å². The van der Waals surface area contributed by atoms with Crippen LogP contribution in [0.25, 0.3) is 0 Å². The van der Waals surface area contributed by atoms with E-state index in [-0.39, 0.29) is 44.4 Å². The predicted octanol–water partition coefficient (Wildman–Crippen LogP) is 2.98. The standard InChI is InChI=1S/C24H29F2N3O3/c25-24(26)10-12-29(13-11-24)21-14-28(15-22(21)30)16-23(31)27-19-6-8-20(9-7-19)32-17-18-4-2-1-3-5-18/h1-9,21-22,30H,10-17H2,(H,27,31)/t21-,22-/m0/s1. The van der Waals surface area contributed by atoms with E-state index in [9.17, 15) is 18.7 Å². The van der Waals surface area contributed by atoms with E-state index < -0.39 is 12.0 Å². The van der Waals surface area contributed by atoms with Crippen LogP contribution in [0.4, 0.5) is 14.5 Å². The van der Waals surface area contributed by atoms with E-state index in [1.54, 1.807) is 24.3 Å². The van der Waals surface area contributed by atoms with Crippen molar-refractivity contribution in [3.63, 3.8) is 0 Å².